The van der Waals surface area contributed by atoms with Crippen molar-refractivity contribution < 1.29 is 14.6 Å². The van der Waals surface area contributed by atoms with Crippen LogP contribution in [0.3, 0.4) is 0 Å². The number of hydrogen-bond donors (Lipinski definition) is 1. The first-order chi connectivity index (χ1) is 12.0. The van der Waals surface area contributed by atoms with Gasteiger partial charge in [0, 0.05) is 30.6 Å². The molecule has 1 amide bonds. The van der Waals surface area contributed by atoms with Gasteiger partial charge in [-0.15, -0.1) is 0 Å². The summed E-state index contributed by atoms with van der Waals surface area (Å²) in [7, 11) is 0. The van der Waals surface area contributed by atoms with Crippen molar-refractivity contribution in [2.75, 3.05) is 31.1 Å². The molecule has 2 aromatic carbocycles. The van der Waals surface area contributed by atoms with E-state index in [2.05, 4.69) is 18.7 Å². The molecule has 1 saturated heterocycles. The normalized spacial score (nSPS) is 24.9. The lowest BCUT2D eigenvalue weighted by Crippen LogP contribution is -2.50. The van der Waals surface area contributed by atoms with E-state index in [-0.39, 0.29) is 18.1 Å². The number of morpholine rings is 1. The summed E-state index contributed by atoms with van der Waals surface area (Å²) < 4.78 is 5.74. The van der Waals surface area contributed by atoms with E-state index in [1.807, 2.05) is 36.4 Å². The third-order valence-electron chi connectivity index (χ3n) is 5.01. The number of aliphatic hydroxyl groups is 1. The lowest BCUT2D eigenvalue weighted by Gasteiger charge is -2.36. The molecule has 0 aliphatic carbocycles. The van der Waals surface area contributed by atoms with Crippen LogP contribution >= 0.6 is 0 Å². The monoisotopic (exact) mass is 340 g/mol. The molecule has 3 unspecified atom stereocenters. The summed E-state index contributed by atoms with van der Waals surface area (Å²) >= 11 is 0. The van der Waals surface area contributed by atoms with Crippen molar-refractivity contribution in [1.29, 1.82) is 0 Å². The van der Waals surface area contributed by atoms with E-state index in [1.54, 1.807) is 4.90 Å². The second kappa shape index (κ2) is 6.41. The smallest absolute Gasteiger partial charge is 0.259 e. The van der Waals surface area contributed by atoms with Crippen LogP contribution in [0.1, 0.15) is 24.2 Å². The van der Waals surface area contributed by atoms with Gasteiger partial charge in [-0.2, -0.15) is 0 Å². The van der Waals surface area contributed by atoms with Crippen LogP contribution in [-0.2, 0) is 4.74 Å². The number of β-amino-alcohol motifs (C(OH)–C–C–N with tert-alkyl or cyclic N) is 1. The Morgan fingerprint density at radius 3 is 2.52 bits per heavy atom. The minimum absolute atomic E-state index is 0.0189. The highest BCUT2D eigenvalue weighted by Gasteiger charge is 2.32. The number of ether oxygens (including phenoxy) is 1. The van der Waals surface area contributed by atoms with Gasteiger partial charge >= 0.3 is 0 Å². The summed E-state index contributed by atoms with van der Waals surface area (Å²) in [4.78, 5) is 16.7. The van der Waals surface area contributed by atoms with Gasteiger partial charge in [-0.1, -0.05) is 24.3 Å². The number of aliphatic hydroxyl groups excluding tert-OH is 1. The lowest BCUT2D eigenvalue weighted by molar-refractivity contribution is -0.0758. The highest BCUT2D eigenvalue weighted by molar-refractivity contribution is 6.25. The van der Waals surface area contributed by atoms with Crippen LogP contribution in [0.5, 0.6) is 0 Å². The topological polar surface area (TPSA) is 53.0 Å². The minimum atomic E-state index is -0.592. The third-order valence-corrected chi connectivity index (χ3v) is 5.01. The number of carbonyl (C=O) groups is 1. The van der Waals surface area contributed by atoms with E-state index in [9.17, 15) is 9.90 Å². The first-order valence-corrected chi connectivity index (χ1v) is 8.92. The molecule has 0 saturated carbocycles. The quantitative estimate of drug-likeness (QED) is 0.928. The molecule has 2 aromatic rings. The van der Waals surface area contributed by atoms with Crippen molar-refractivity contribution in [3.8, 4) is 0 Å². The van der Waals surface area contributed by atoms with Gasteiger partial charge in [0.25, 0.3) is 5.91 Å². The molecule has 5 heteroatoms. The molecule has 3 atom stereocenters. The summed E-state index contributed by atoms with van der Waals surface area (Å²) in [6.07, 6.45) is -0.254. The molecular formula is C20H24N2O3. The summed E-state index contributed by atoms with van der Waals surface area (Å²) in [6, 6.07) is 11.7. The molecule has 1 N–H and O–H groups in total. The van der Waals surface area contributed by atoms with Gasteiger partial charge in [0.05, 0.1) is 30.5 Å². The zero-order valence-corrected chi connectivity index (χ0v) is 14.7. The first-order valence-electron chi connectivity index (χ1n) is 8.92. The van der Waals surface area contributed by atoms with Gasteiger partial charge < -0.3 is 14.7 Å². The van der Waals surface area contributed by atoms with Gasteiger partial charge in [0.15, 0.2) is 0 Å². The Balaban J connectivity index is 1.50. The maximum atomic E-state index is 12.8. The van der Waals surface area contributed by atoms with Crippen molar-refractivity contribution >= 4 is 22.4 Å². The second-order valence-corrected chi connectivity index (χ2v) is 7.23. The van der Waals surface area contributed by atoms with E-state index in [1.165, 1.54) is 0 Å². The molecule has 2 heterocycles. The summed E-state index contributed by atoms with van der Waals surface area (Å²) in [5.41, 5.74) is 1.63. The second-order valence-electron chi connectivity index (χ2n) is 7.23. The Hall–Kier alpha value is -1.95. The molecule has 0 radical (unpaired) electrons. The van der Waals surface area contributed by atoms with Crippen LogP contribution < -0.4 is 4.90 Å². The number of hydrogen-bond acceptors (Lipinski definition) is 4. The van der Waals surface area contributed by atoms with E-state index in [0.717, 1.165) is 35.1 Å². The standard InChI is InChI=1S/C20H24N2O3/c1-13-9-21(10-14(2)25-13)11-16(23)12-22-18-8-4-6-15-5-3-7-17(19(15)18)20(22)24/h3-8,13-14,16,23H,9-12H2,1-2H3. The fourth-order valence-corrected chi connectivity index (χ4v) is 4.16. The van der Waals surface area contributed by atoms with Gasteiger partial charge in [-0.25, -0.2) is 0 Å². The fraction of sp³-hybridized carbons (Fsp3) is 0.450. The van der Waals surface area contributed by atoms with Crippen LogP contribution in [-0.4, -0.2) is 60.4 Å². The molecule has 4 rings (SSSR count). The maximum absolute atomic E-state index is 12.8. The predicted octanol–water partition coefficient (Wildman–Crippen LogP) is 2.27. The molecule has 0 spiro atoms. The van der Waals surface area contributed by atoms with Gasteiger partial charge in [0.1, 0.15) is 0 Å². The van der Waals surface area contributed by atoms with Crippen molar-refractivity contribution in [3.63, 3.8) is 0 Å². The number of benzene rings is 2. The molecule has 25 heavy (non-hydrogen) atoms. The maximum Gasteiger partial charge on any atom is 0.259 e. The van der Waals surface area contributed by atoms with Gasteiger partial charge in [0.2, 0.25) is 0 Å². The summed E-state index contributed by atoms with van der Waals surface area (Å²) in [6.45, 7) is 6.59. The Bertz CT molecular complexity index is 791. The number of rotatable bonds is 4. The first kappa shape index (κ1) is 16.5. The molecule has 0 bridgehead atoms. The fourth-order valence-electron chi connectivity index (χ4n) is 4.16. The van der Waals surface area contributed by atoms with E-state index in [4.69, 9.17) is 4.74 Å². The van der Waals surface area contributed by atoms with Crippen LogP contribution in [0.25, 0.3) is 10.8 Å². The van der Waals surface area contributed by atoms with Crippen LogP contribution in [0.15, 0.2) is 36.4 Å². The van der Waals surface area contributed by atoms with Crippen molar-refractivity contribution in [3.05, 3.63) is 42.0 Å². The third kappa shape index (κ3) is 3.03. The van der Waals surface area contributed by atoms with Crippen molar-refractivity contribution in [2.24, 2.45) is 0 Å². The zero-order chi connectivity index (χ0) is 17.6. The largest absolute Gasteiger partial charge is 0.390 e. The molecular weight excluding hydrogens is 316 g/mol. The van der Waals surface area contributed by atoms with Gasteiger partial charge in [-0.3, -0.25) is 9.69 Å². The van der Waals surface area contributed by atoms with Crippen LogP contribution in [0.4, 0.5) is 5.69 Å². The summed E-state index contributed by atoms with van der Waals surface area (Å²) in [5.74, 6) is -0.0189. The Morgan fingerprint density at radius 1 is 1.12 bits per heavy atom. The van der Waals surface area contributed by atoms with E-state index in [0.29, 0.717) is 13.1 Å². The summed E-state index contributed by atoms with van der Waals surface area (Å²) in [5, 5.41) is 12.7. The molecule has 2 aliphatic rings. The SMILES string of the molecule is CC1CN(CC(O)CN2C(=O)c3cccc4cccc2c34)CC(C)O1. The number of anilines is 1. The number of amides is 1. The molecule has 1 fully saturated rings. The Kier molecular flexibility index (Phi) is 4.23. The van der Waals surface area contributed by atoms with Crippen LogP contribution in [0, 0.1) is 0 Å². The highest BCUT2D eigenvalue weighted by atomic mass is 16.5. The number of nitrogens with zero attached hydrogens (tertiary/aromatic N) is 2. The van der Waals surface area contributed by atoms with Gasteiger partial charge in [-0.05, 0) is 31.4 Å². The van der Waals surface area contributed by atoms with E-state index < -0.39 is 6.10 Å². The Morgan fingerprint density at radius 2 is 1.80 bits per heavy atom. The van der Waals surface area contributed by atoms with Crippen molar-refractivity contribution in [1.82, 2.24) is 4.90 Å². The average Bonchev–Trinajstić information content (AvgIpc) is 2.82. The predicted molar refractivity (Wildman–Crippen MR) is 98.1 cm³/mol. The Labute approximate surface area is 147 Å². The molecule has 5 nitrogen and oxygen atoms in total. The molecule has 2 aliphatic heterocycles. The van der Waals surface area contributed by atoms with Crippen molar-refractivity contribution in [2.45, 2.75) is 32.2 Å². The minimum Gasteiger partial charge on any atom is -0.390 e. The average molecular weight is 340 g/mol. The molecule has 132 valence electrons. The molecule has 0 aromatic heterocycles. The zero-order valence-electron chi connectivity index (χ0n) is 14.7. The van der Waals surface area contributed by atoms with Crippen LogP contribution in [0.2, 0.25) is 0 Å². The number of carbonyl (C=O) groups excluding carboxylic acids is 1. The van der Waals surface area contributed by atoms with E-state index >= 15 is 0 Å². The lowest BCUT2D eigenvalue weighted by atomic mass is 10.1. The highest BCUT2D eigenvalue weighted by Crippen LogP contribution is 2.37.